The quantitative estimate of drug-likeness (QED) is 0.701. The third-order valence-corrected chi connectivity index (χ3v) is 2.17. The molecule has 2 N–H and O–H groups in total. The van der Waals surface area contributed by atoms with Crippen LogP contribution in [0.3, 0.4) is 0 Å². The van der Waals surface area contributed by atoms with Gasteiger partial charge < -0.3 is 14.6 Å². The first-order valence-electron chi connectivity index (χ1n) is 4.05. The number of hydrogen-bond donors (Lipinski definition) is 2. The van der Waals surface area contributed by atoms with Crippen LogP contribution < -0.4 is 0 Å². The molecule has 1 aromatic heterocycles. The van der Waals surface area contributed by atoms with E-state index in [1.54, 1.807) is 18.2 Å². The fourth-order valence-electron chi connectivity index (χ4n) is 1.48. The zero-order valence-electron chi connectivity index (χ0n) is 7.24. The smallest absolute Gasteiger partial charge is 0.138 e. The summed E-state index contributed by atoms with van der Waals surface area (Å²) in [6, 6.07) is 5.08. The van der Waals surface area contributed by atoms with E-state index in [2.05, 4.69) is 0 Å². The lowest BCUT2D eigenvalue weighted by molar-refractivity contribution is 0.250. The lowest BCUT2D eigenvalue weighted by Gasteiger charge is -1.93. The van der Waals surface area contributed by atoms with Gasteiger partial charge in [-0.15, -0.1) is 0 Å². The van der Waals surface area contributed by atoms with E-state index < -0.39 is 0 Å². The summed E-state index contributed by atoms with van der Waals surface area (Å²) in [6.45, 7) is 1.68. The fourth-order valence-corrected chi connectivity index (χ4v) is 1.48. The number of hydrogen-bond acceptors (Lipinski definition) is 3. The molecular weight excluding hydrogens is 168 g/mol. The monoisotopic (exact) mass is 178 g/mol. The Morgan fingerprint density at radius 3 is 2.77 bits per heavy atom. The Kier molecular flexibility index (Phi) is 1.74. The van der Waals surface area contributed by atoms with Crippen LogP contribution in [-0.4, -0.2) is 10.2 Å². The molecule has 0 atom stereocenters. The van der Waals surface area contributed by atoms with Gasteiger partial charge in [0.05, 0.1) is 5.39 Å². The average molecular weight is 178 g/mol. The van der Waals surface area contributed by atoms with Gasteiger partial charge in [0.15, 0.2) is 0 Å². The summed E-state index contributed by atoms with van der Waals surface area (Å²) >= 11 is 0. The Hall–Kier alpha value is -1.48. The fraction of sp³-hybridized carbons (Fsp3) is 0.200. The summed E-state index contributed by atoms with van der Waals surface area (Å²) in [6.07, 6.45) is 0. The molecule has 0 saturated carbocycles. The van der Waals surface area contributed by atoms with E-state index in [0.717, 1.165) is 5.56 Å². The standard InChI is InChI=1S/C10H10O3/c1-6-9(5-11)13-8-4-2-3-7(12)10(6)8/h2-4,11-12H,5H2,1H3. The second-order valence-corrected chi connectivity index (χ2v) is 2.96. The first-order valence-corrected chi connectivity index (χ1v) is 4.05. The van der Waals surface area contributed by atoms with Crippen molar-refractivity contribution in [2.45, 2.75) is 13.5 Å². The predicted octanol–water partition coefficient (Wildman–Crippen LogP) is 1.94. The van der Waals surface area contributed by atoms with Crippen molar-refractivity contribution in [1.29, 1.82) is 0 Å². The highest BCUT2D eigenvalue weighted by molar-refractivity contribution is 5.87. The average Bonchev–Trinajstić information content (AvgIpc) is 2.44. The van der Waals surface area contributed by atoms with Crippen LogP contribution in [0.4, 0.5) is 0 Å². The molecule has 0 aliphatic heterocycles. The van der Waals surface area contributed by atoms with Gasteiger partial charge in [0.25, 0.3) is 0 Å². The van der Waals surface area contributed by atoms with Gasteiger partial charge in [0.1, 0.15) is 23.7 Å². The Morgan fingerprint density at radius 1 is 1.38 bits per heavy atom. The molecule has 0 aliphatic rings. The lowest BCUT2D eigenvalue weighted by atomic mass is 10.1. The topological polar surface area (TPSA) is 53.6 Å². The van der Waals surface area contributed by atoms with Crippen LogP contribution >= 0.6 is 0 Å². The van der Waals surface area contributed by atoms with Crippen molar-refractivity contribution < 1.29 is 14.6 Å². The number of aliphatic hydroxyl groups is 1. The van der Waals surface area contributed by atoms with Crippen LogP contribution in [0.5, 0.6) is 5.75 Å². The third-order valence-electron chi connectivity index (χ3n) is 2.17. The maximum Gasteiger partial charge on any atom is 0.138 e. The molecule has 0 aliphatic carbocycles. The maximum absolute atomic E-state index is 9.52. The van der Waals surface area contributed by atoms with Gasteiger partial charge in [-0.2, -0.15) is 0 Å². The number of furan rings is 1. The van der Waals surface area contributed by atoms with Gasteiger partial charge >= 0.3 is 0 Å². The van der Waals surface area contributed by atoms with E-state index in [0.29, 0.717) is 16.7 Å². The summed E-state index contributed by atoms with van der Waals surface area (Å²) in [5.74, 6) is 0.704. The lowest BCUT2D eigenvalue weighted by Crippen LogP contribution is -1.80. The highest BCUT2D eigenvalue weighted by Gasteiger charge is 2.11. The van der Waals surface area contributed by atoms with Gasteiger partial charge in [-0.25, -0.2) is 0 Å². The Balaban J connectivity index is 2.85. The summed E-state index contributed by atoms with van der Waals surface area (Å²) in [5, 5.41) is 19.1. The predicted molar refractivity (Wildman–Crippen MR) is 48.5 cm³/mol. The molecule has 13 heavy (non-hydrogen) atoms. The molecule has 0 bridgehead atoms. The van der Waals surface area contributed by atoms with Crippen LogP contribution in [0.25, 0.3) is 11.0 Å². The van der Waals surface area contributed by atoms with Crippen molar-refractivity contribution in [2.75, 3.05) is 0 Å². The van der Waals surface area contributed by atoms with Crippen LogP contribution in [-0.2, 0) is 6.61 Å². The molecule has 3 nitrogen and oxygen atoms in total. The molecule has 2 rings (SSSR count). The van der Waals surface area contributed by atoms with Crippen molar-refractivity contribution in [3.63, 3.8) is 0 Å². The Morgan fingerprint density at radius 2 is 2.15 bits per heavy atom. The van der Waals surface area contributed by atoms with Crippen molar-refractivity contribution in [1.82, 2.24) is 0 Å². The Bertz CT molecular complexity index is 443. The second-order valence-electron chi connectivity index (χ2n) is 2.96. The minimum Gasteiger partial charge on any atom is -0.507 e. The second kappa shape index (κ2) is 2.78. The molecule has 68 valence electrons. The van der Waals surface area contributed by atoms with Gasteiger partial charge in [0, 0.05) is 5.56 Å². The van der Waals surface area contributed by atoms with Gasteiger partial charge in [-0.3, -0.25) is 0 Å². The SMILES string of the molecule is Cc1c(CO)oc2cccc(O)c12. The van der Waals surface area contributed by atoms with Crippen LogP contribution in [0.1, 0.15) is 11.3 Å². The molecule has 1 heterocycles. The molecule has 0 fully saturated rings. The van der Waals surface area contributed by atoms with Crippen LogP contribution in [0.2, 0.25) is 0 Å². The largest absolute Gasteiger partial charge is 0.507 e. The van der Waals surface area contributed by atoms with E-state index in [9.17, 15) is 5.11 Å². The number of fused-ring (bicyclic) bond motifs is 1. The molecule has 3 heteroatoms. The summed E-state index contributed by atoms with van der Waals surface area (Å²) in [7, 11) is 0. The molecule has 0 amide bonds. The third kappa shape index (κ3) is 1.09. The number of aryl methyl sites for hydroxylation is 1. The van der Waals surface area contributed by atoms with Crippen molar-refractivity contribution in [3.05, 3.63) is 29.5 Å². The van der Waals surface area contributed by atoms with Gasteiger partial charge in [0.2, 0.25) is 0 Å². The van der Waals surface area contributed by atoms with Crippen molar-refractivity contribution >= 4 is 11.0 Å². The van der Waals surface area contributed by atoms with Crippen molar-refractivity contribution in [2.24, 2.45) is 0 Å². The Labute approximate surface area is 75.2 Å². The zero-order valence-corrected chi connectivity index (χ0v) is 7.24. The minimum atomic E-state index is -0.139. The van der Waals surface area contributed by atoms with Gasteiger partial charge in [-0.1, -0.05) is 6.07 Å². The molecule has 2 aromatic rings. The van der Waals surface area contributed by atoms with Crippen molar-refractivity contribution in [3.8, 4) is 5.75 Å². The van der Waals surface area contributed by atoms with Crippen LogP contribution in [0.15, 0.2) is 22.6 Å². The molecule has 0 saturated heterocycles. The summed E-state index contributed by atoms with van der Waals surface area (Å²) < 4.78 is 5.32. The van der Waals surface area contributed by atoms with E-state index in [-0.39, 0.29) is 12.4 Å². The normalized spacial score (nSPS) is 10.9. The highest BCUT2D eigenvalue weighted by atomic mass is 16.4. The number of phenols is 1. The number of aliphatic hydroxyl groups excluding tert-OH is 1. The van der Waals surface area contributed by atoms with Crippen LogP contribution in [0, 0.1) is 6.92 Å². The van der Waals surface area contributed by atoms with E-state index in [4.69, 9.17) is 9.52 Å². The first kappa shape index (κ1) is 8.13. The number of aromatic hydroxyl groups is 1. The highest BCUT2D eigenvalue weighted by Crippen LogP contribution is 2.31. The van der Waals surface area contributed by atoms with E-state index >= 15 is 0 Å². The first-order chi connectivity index (χ1) is 6.24. The molecular formula is C10H10O3. The van der Waals surface area contributed by atoms with Gasteiger partial charge in [-0.05, 0) is 19.1 Å². The molecule has 0 radical (unpaired) electrons. The molecule has 1 aromatic carbocycles. The zero-order chi connectivity index (χ0) is 9.42. The summed E-state index contributed by atoms with van der Waals surface area (Å²) in [4.78, 5) is 0. The number of benzene rings is 1. The van der Waals surface area contributed by atoms with E-state index in [1.807, 2.05) is 6.92 Å². The number of rotatable bonds is 1. The molecule has 0 unspecified atom stereocenters. The summed E-state index contributed by atoms with van der Waals surface area (Å²) in [5.41, 5.74) is 1.41. The minimum absolute atomic E-state index is 0.139. The maximum atomic E-state index is 9.52. The molecule has 0 spiro atoms. The number of phenolic OH excluding ortho intramolecular Hbond substituents is 1. The van der Waals surface area contributed by atoms with E-state index in [1.165, 1.54) is 0 Å².